The molecule has 0 radical (unpaired) electrons. The normalized spacial score (nSPS) is 15.3. The highest BCUT2D eigenvalue weighted by molar-refractivity contribution is 6.14. The molecule has 3 aromatic carbocycles. The predicted octanol–water partition coefficient (Wildman–Crippen LogP) is 6.48. The first-order valence-electron chi connectivity index (χ1n) is 13.4. The van der Waals surface area contributed by atoms with E-state index in [-0.39, 0.29) is 5.57 Å². The van der Waals surface area contributed by atoms with Gasteiger partial charge < -0.3 is 19.5 Å². The van der Waals surface area contributed by atoms with Gasteiger partial charge in [0.05, 0.1) is 25.3 Å². The summed E-state index contributed by atoms with van der Waals surface area (Å²) >= 11 is 0. The van der Waals surface area contributed by atoms with E-state index in [9.17, 15) is 14.7 Å². The first-order valence-corrected chi connectivity index (χ1v) is 13.4. The van der Waals surface area contributed by atoms with E-state index in [1.807, 2.05) is 66.7 Å². The smallest absolute Gasteiger partial charge is 0.290 e. The fraction of sp³-hybridized carbons (Fsp3) is 0.273. The average Bonchev–Trinajstić information content (AvgIpc) is 3.23. The second-order valence-electron chi connectivity index (χ2n) is 9.47. The van der Waals surface area contributed by atoms with Gasteiger partial charge in [0.1, 0.15) is 0 Å². The molecule has 0 bridgehead atoms. The third-order valence-electron chi connectivity index (χ3n) is 6.79. The van der Waals surface area contributed by atoms with Crippen molar-refractivity contribution < 1.29 is 24.2 Å². The average molecular weight is 526 g/mol. The van der Waals surface area contributed by atoms with E-state index < -0.39 is 23.5 Å². The lowest BCUT2D eigenvalue weighted by Gasteiger charge is -2.27. The largest absolute Gasteiger partial charge is 0.503 e. The predicted molar refractivity (Wildman–Crippen MR) is 153 cm³/mol. The summed E-state index contributed by atoms with van der Waals surface area (Å²) in [7, 11) is 1.56. The van der Waals surface area contributed by atoms with Crippen molar-refractivity contribution in [1.82, 2.24) is 4.90 Å². The number of hydrogen-bond acceptors (Lipinski definition) is 5. The number of ether oxygens (including phenoxy) is 2. The minimum absolute atomic E-state index is 0.0545. The Balaban J connectivity index is 1.67. The maximum absolute atomic E-state index is 13.5. The summed E-state index contributed by atoms with van der Waals surface area (Å²) in [6.07, 6.45) is 6.78. The Hall–Kier alpha value is -4.32. The summed E-state index contributed by atoms with van der Waals surface area (Å²) in [5.74, 6) is -0.392. The molecule has 0 aromatic heterocycles. The molecule has 39 heavy (non-hydrogen) atoms. The van der Waals surface area contributed by atoms with Crippen molar-refractivity contribution >= 4 is 17.8 Å². The van der Waals surface area contributed by atoms with Crippen LogP contribution in [0.2, 0.25) is 0 Å². The van der Waals surface area contributed by atoms with Gasteiger partial charge in [-0.1, -0.05) is 92.6 Å². The number of hydrogen-bond donors (Lipinski definition) is 1. The Morgan fingerprint density at radius 3 is 2.38 bits per heavy atom. The molecule has 0 saturated heterocycles. The van der Waals surface area contributed by atoms with Crippen molar-refractivity contribution in [2.75, 3.05) is 20.3 Å². The molecule has 1 heterocycles. The molecule has 4 rings (SSSR count). The summed E-state index contributed by atoms with van der Waals surface area (Å²) in [4.78, 5) is 28.3. The van der Waals surface area contributed by atoms with E-state index in [0.717, 1.165) is 30.4 Å². The number of ketones is 1. The van der Waals surface area contributed by atoms with E-state index in [0.29, 0.717) is 36.6 Å². The number of carbonyl (C=O) groups excluding carboxylic acids is 2. The highest BCUT2D eigenvalue weighted by Crippen LogP contribution is 2.41. The lowest BCUT2D eigenvalue weighted by atomic mass is 9.95. The summed E-state index contributed by atoms with van der Waals surface area (Å²) in [5, 5.41) is 10.9. The van der Waals surface area contributed by atoms with Crippen molar-refractivity contribution in [3.05, 3.63) is 113 Å². The second kappa shape index (κ2) is 13.5. The van der Waals surface area contributed by atoms with E-state index >= 15 is 0 Å². The van der Waals surface area contributed by atoms with E-state index in [4.69, 9.17) is 9.47 Å². The molecular weight excluding hydrogens is 490 g/mol. The van der Waals surface area contributed by atoms with Crippen LogP contribution in [0.1, 0.15) is 48.9 Å². The minimum atomic E-state index is -0.767. The summed E-state index contributed by atoms with van der Waals surface area (Å²) in [5.41, 5.74) is 2.62. The van der Waals surface area contributed by atoms with Gasteiger partial charge in [-0.3, -0.25) is 9.59 Å². The fourth-order valence-electron chi connectivity index (χ4n) is 4.71. The SMILES string of the molecule is CCCCCOc1ccc(C2C(C(=O)C=Cc3ccccc3)=C(O)C(=O)N2CCc2ccccc2)cc1OC. The van der Waals surface area contributed by atoms with Crippen molar-refractivity contribution in [3.8, 4) is 11.5 Å². The zero-order valence-corrected chi connectivity index (χ0v) is 22.5. The molecule has 0 fully saturated rings. The van der Waals surface area contributed by atoms with Crippen LogP contribution >= 0.6 is 0 Å². The van der Waals surface area contributed by atoms with Crippen LogP contribution in [0.5, 0.6) is 11.5 Å². The molecule has 1 aliphatic heterocycles. The Labute approximate surface area is 230 Å². The van der Waals surface area contributed by atoms with Gasteiger partial charge in [0.2, 0.25) is 0 Å². The Bertz CT molecular complexity index is 1330. The minimum Gasteiger partial charge on any atom is -0.503 e. The number of methoxy groups -OCH3 is 1. The molecule has 1 amide bonds. The van der Waals surface area contributed by atoms with Gasteiger partial charge in [-0.2, -0.15) is 0 Å². The molecule has 0 saturated carbocycles. The van der Waals surface area contributed by atoms with E-state index in [2.05, 4.69) is 6.92 Å². The molecule has 1 N–H and O–H groups in total. The number of amides is 1. The maximum Gasteiger partial charge on any atom is 0.290 e. The summed E-state index contributed by atoms with van der Waals surface area (Å²) < 4.78 is 11.6. The topological polar surface area (TPSA) is 76.1 Å². The number of unbranched alkanes of at least 4 members (excludes halogenated alkanes) is 2. The number of rotatable bonds is 13. The molecule has 1 atom stereocenters. The quantitative estimate of drug-likeness (QED) is 0.204. The van der Waals surface area contributed by atoms with Crippen molar-refractivity contribution in [2.24, 2.45) is 0 Å². The number of allylic oxidation sites excluding steroid dienone is 1. The van der Waals surface area contributed by atoms with Crippen LogP contribution in [0.15, 0.2) is 96.3 Å². The van der Waals surface area contributed by atoms with Crippen LogP contribution < -0.4 is 9.47 Å². The van der Waals surface area contributed by atoms with Gasteiger partial charge in [-0.15, -0.1) is 0 Å². The zero-order chi connectivity index (χ0) is 27.6. The molecule has 6 nitrogen and oxygen atoms in total. The molecule has 1 aliphatic rings. The number of carbonyl (C=O) groups is 2. The second-order valence-corrected chi connectivity index (χ2v) is 9.47. The van der Waals surface area contributed by atoms with Crippen LogP contribution in [0.25, 0.3) is 6.08 Å². The Kier molecular flexibility index (Phi) is 9.57. The van der Waals surface area contributed by atoms with Crippen molar-refractivity contribution in [1.29, 1.82) is 0 Å². The van der Waals surface area contributed by atoms with Crippen molar-refractivity contribution in [2.45, 2.75) is 38.6 Å². The maximum atomic E-state index is 13.5. The van der Waals surface area contributed by atoms with Crippen LogP contribution in [0, 0.1) is 0 Å². The van der Waals surface area contributed by atoms with Gasteiger partial charge in [-0.25, -0.2) is 0 Å². The summed E-state index contributed by atoms with van der Waals surface area (Å²) in [6, 6.07) is 23.9. The lowest BCUT2D eigenvalue weighted by molar-refractivity contribution is -0.129. The van der Waals surface area contributed by atoms with Crippen molar-refractivity contribution in [3.63, 3.8) is 0 Å². The Morgan fingerprint density at radius 1 is 0.974 bits per heavy atom. The van der Waals surface area contributed by atoms with Crippen LogP contribution in [0.4, 0.5) is 0 Å². The fourth-order valence-corrected chi connectivity index (χ4v) is 4.71. The van der Waals surface area contributed by atoms with Gasteiger partial charge >= 0.3 is 0 Å². The molecule has 6 heteroatoms. The molecule has 3 aromatic rings. The number of nitrogens with zero attached hydrogens (tertiary/aromatic N) is 1. The Morgan fingerprint density at radius 2 is 1.69 bits per heavy atom. The summed E-state index contributed by atoms with van der Waals surface area (Å²) in [6.45, 7) is 3.04. The highest BCUT2D eigenvalue weighted by atomic mass is 16.5. The van der Waals surface area contributed by atoms with Gasteiger partial charge in [0.25, 0.3) is 5.91 Å². The van der Waals surface area contributed by atoms with Gasteiger partial charge in [0.15, 0.2) is 23.0 Å². The van der Waals surface area contributed by atoms with E-state index in [1.165, 1.54) is 6.08 Å². The van der Waals surface area contributed by atoms with Crippen LogP contribution in [0.3, 0.4) is 0 Å². The number of aliphatic hydroxyl groups excluding tert-OH is 1. The number of aliphatic hydroxyl groups is 1. The molecule has 202 valence electrons. The molecular formula is C33H35NO5. The van der Waals surface area contributed by atoms with E-state index in [1.54, 1.807) is 30.2 Å². The van der Waals surface area contributed by atoms with Crippen LogP contribution in [-0.2, 0) is 16.0 Å². The third-order valence-corrected chi connectivity index (χ3v) is 6.79. The molecule has 0 aliphatic carbocycles. The standard InChI is InChI=1S/C33H35NO5/c1-3-4-11-22-39-28-19-17-26(23-29(28)38-2)31-30(27(35)18-16-24-12-7-5-8-13-24)32(36)33(37)34(31)21-20-25-14-9-6-10-15-25/h5-10,12-19,23,31,36H,3-4,11,20-22H2,1-2H3. The van der Waals surface area contributed by atoms with Gasteiger partial charge in [-0.05, 0) is 47.7 Å². The molecule has 0 spiro atoms. The zero-order valence-electron chi connectivity index (χ0n) is 22.5. The first kappa shape index (κ1) is 27.7. The van der Waals surface area contributed by atoms with Gasteiger partial charge in [0, 0.05) is 6.54 Å². The monoisotopic (exact) mass is 525 g/mol. The highest BCUT2D eigenvalue weighted by Gasteiger charge is 2.43. The molecule has 1 unspecified atom stereocenters. The first-order chi connectivity index (χ1) is 19.0. The van der Waals surface area contributed by atoms with Crippen LogP contribution in [-0.4, -0.2) is 42.0 Å². The number of benzene rings is 3. The third kappa shape index (κ3) is 6.77. The lowest BCUT2D eigenvalue weighted by Crippen LogP contribution is -2.33.